The molecule has 0 spiro atoms. The molecular formula is C23H21Cl2NO4S. The molecule has 5 nitrogen and oxygen atoms in total. The van der Waals surface area contributed by atoms with Crippen LogP contribution in [0.4, 0.5) is 0 Å². The first-order valence-corrected chi connectivity index (χ1v) is 12.4. The van der Waals surface area contributed by atoms with E-state index in [1.165, 1.54) is 6.26 Å². The number of likely N-dealkylation sites (tertiary alicyclic amines) is 1. The molecule has 1 aliphatic heterocycles. The Labute approximate surface area is 191 Å². The summed E-state index contributed by atoms with van der Waals surface area (Å²) in [5.41, 5.74) is 2.41. The van der Waals surface area contributed by atoms with Crippen molar-refractivity contribution < 1.29 is 17.6 Å². The van der Waals surface area contributed by atoms with Crippen LogP contribution in [0.25, 0.3) is 11.1 Å². The fourth-order valence-electron chi connectivity index (χ4n) is 3.79. The summed E-state index contributed by atoms with van der Waals surface area (Å²) in [6.45, 7) is 0.824. The molecular weight excluding hydrogens is 457 g/mol. The zero-order valence-electron chi connectivity index (χ0n) is 16.6. The van der Waals surface area contributed by atoms with Crippen molar-refractivity contribution in [2.75, 3.05) is 13.1 Å². The summed E-state index contributed by atoms with van der Waals surface area (Å²) in [5.74, 6) is 0.248. The minimum atomic E-state index is -3.31. The summed E-state index contributed by atoms with van der Waals surface area (Å²) < 4.78 is 30.4. The Hall–Kier alpha value is -2.28. The molecule has 3 aromatic rings. The summed E-state index contributed by atoms with van der Waals surface area (Å²) in [6.07, 6.45) is 2.32. The van der Waals surface area contributed by atoms with E-state index in [1.54, 1.807) is 41.3 Å². The van der Waals surface area contributed by atoms with Gasteiger partial charge in [0.05, 0.1) is 21.6 Å². The van der Waals surface area contributed by atoms with E-state index < -0.39 is 15.1 Å². The highest BCUT2D eigenvalue weighted by atomic mass is 35.5. The van der Waals surface area contributed by atoms with Gasteiger partial charge in [-0.25, -0.2) is 8.42 Å². The van der Waals surface area contributed by atoms with Crippen LogP contribution < -0.4 is 0 Å². The number of carbonyl (C=O) groups excluding carboxylic acids is 1. The van der Waals surface area contributed by atoms with E-state index in [0.29, 0.717) is 47.3 Å². The van der Waals surface area contributed by atoms with E-state index in [4.69, 9.17) is 27.6 Å². The number of furan rings is 1. The van der Waals surface area contributed by atoms with E-state index >= 15 is 0 Å². The van der Waals surface area contributed by atoms with Gasteiger partial charge in [0.2, 0.25) is 0 Å². The third-order valence-electron chi connectivity index (χ3n) is 5.55. The smallest absolute Gasteiger partial charge is 0.253 e. The summed E-state index contributed by atoms with van der Waals surface area (Å²) in [4.78, 5) is 14.6. The molecule has 0 aliphatic carbocycles. The number of sulfone groups is 1. The number of rotatable bonds is 5. The van der Waals surface area contributed by atoms with Crippen LogP contribution in [0.2, 0.25) is 10.0 Å². The predicted molar refractivity (Wildman–Crippen MR) is 122 cm³/mol. The van der Waals surface area contributed by atoms with Crippen molar-refractivity contribution in [1.82, 2.24) is 4.90 Å². The first kappa shape index (κ1) is 21.9. The Balaban J connectivity index is 1.39. The fraction of sp³-hybridized carbons (Fsp3) is 0.261. The number of hydrogen-bond donors (Lipinski definition) is 0. The third kappa shape index (κ3) is 4.97. The molecule has 1 saturated heterocycles. The molecule has 1 aliphatic rings. The van der Waals surface area contributed by atoms with Gasteiger partial charge in [0.25, 0.3) is 5.91 Å². The number of carbonyl (C=O) groups is 1. The molecule has 0 atom stereocenters. The van der Waals surface area contributed by atoms with Crippen LogP contribution in [0.15, 0.2) is 65.3 Å². The van der Waals surface area contributed by atoms with E-state index in [1.807, 2.05) is 18.2 Å². The van der Waals surface area contributed by atoms with Crippen molar-refractivity contribution in [1.29, 1.82) is 0 Å². The molecule has 0 saturated carbocycles. The lowest BCUT2D eigenvalue weighted by Crippen LogP contribution is -2.42. The second-order valence-electron chi connectivity index (χ2n) is 7.58. The number of benzene rings is 2. The van der Waals surface area contributed by atoms with Gasteiger partial charge in [-0.2, -0.15) is 0 Å². The molecule has 0 bridgehead atoms. The quantitative estimate of drug-likeness (QED) is 0.488. The van der Waals surface area contributed by atoms with Crippen LogP contribution in [0.3, 0.4) is 0 Å². The van der Waals surface area contributed by atoms with Gasteiger partial charge in [0, 0.05) is 18.7 Å². The zero-order valence-corrected chi connectivity index (χ0v) is 19.0. The Bertz CT molecular complexity index is 1170. The second-order valence-corrected chi connectivity index (χ2v) is 10.7. The first-order chi connectivity index (χ1) is 14.8. The van der Waals surface area contributed by atoms with Gasteiger partial charge in [-0.05, 0) is 60.4 Å². The van der Waals surface area contributed by atoms with Gasteiger partial charge in [-0.15, -0.1) is 0 Å². The van der Waals surface area contributed by atoms with Crippen LogP contribution in [0.5, 0.6) is 0 Å². The Morgan fingerprint density at radius 1 is 0.968 bits per heavy atom. The van der Waals surface area contributed by atoms with Crippen molar-refractivity contribution >= 4 is 38.9 Å². The summed E-state index contributed by atoms with van der Waals surface area (Å²) in [6, 6.07) is 16.0. The topological polar surface area (TPSA) is 67.6 Å². The maximum Gasteiger partial charge on any atom is 0.253 e. The number of nitrogens with zero attached hydrogens (tertiary/aromatic N) is 1. The minimum absolute atomic E-state index is 0.0948. The molecule has 2 heterocycles. The lowest BCUT2D eigenvalue weighted by Gasteiger charge is -2.31. The minimum Gasteiger partial charge on any atom is -0.468 e. The highest BCUT2D eigenvalue weighted by Crippen LogP contribution is 2.29. The van der Waals surface area contributed by atoms with Crippen LogP contribution in [0, 0.1) is 0 Å². The Morgan fingerprint density at radius 2 is 1.65 bits per heavy atom. The monoisotopic (exact) mass is 477 g/mol. The number of hydrogen-bond acceptors (Lipinski definition) is 4. The van der Waals surface area contributed by atoms with E-state index in [2.05, 4.69) is 0 Å². The third-order valence-corrected chi connectivity index (χ3v) is 8.46. The molecule has 1 amide bonds. The highest BCUT2D eigenvalue weighted by Gasteiger charge is 2.32. The lowest BCUT2D eigenvalue weighted by atomic mass is 10.0. The van der Waals surface area contributed by atoms with Gasteiger partial charge in [-0.3, -0.25) is 4.79 Å². The maximum absolute atomic E-state index is 12.9. The largest absolute Gasteiger partial charge is 0.468 e. The summed E-state index contributed by atoms with van der Waals surface area (Å²) in [7, 11) is -3.31. The van der Waals surface area contributed by atoms with Gasteiger partial charge < -0.3 is 9.32 Å². The van der Waals surface area contributed by atoms with E-state index in [0.717, 1.165) is 11.1 Å². The number of amides is 1. The van der Waals surface area contributed by atoms with Gasteiger partial charge in [0.1, 0.15) is 11.5 Å². The average Bonchev–Trinajstić information content (AvgIpc) is 3.28. The van der Waals surface area contributed by atoms with Crippen LogP contribution in [0.1, 0.15) is 29.0 Å². The number of piperidine rings is 1. The van der Waals surface area contributed by atoms with Crippen molar-refractivity contribution in [3.8, 4) is 11.1 Å². The van der Waals surface area contributed by atoms with Crippen LogP contribution in [-0.2, 0) is 15.6 Å². The van der Waals surface area contributed by atoms with Gasteiger partial charge >= 0.3 is 0 Å². The normalized spacial score (nSPS) is 15.2. The Morgan fingerprint density at radius 3 is 2.26 bits per heavy atom. The summed E-state index contributed by atoms with van der Waals surface area (Å²) in [5, 5.41) is 0.509. The molecule has 0 unspecified atom stereocenters. The zero-order chi connectivity index (χ0) is 22.0. The molecule has 0 radical (unpaired) electrons. The van der Waals surface area contributed by atoms with E-state index in [9.17, 15) is 13.2 Å². The Kier molecular flexibility index (Phi) is 6.42. The molecule has 8 heteroatoms. The van der Waals surface area contributed by atoms with Crippen LogP contribution in [-0.4, -0.2) is 37.6 Å². The van der Waals surface area contributed by atoms with Gasteiger partial charge in [0.15, 0.2) is 9.84 Å². The van der Waals surface area contributed by atoms with Crippen molar-refractivity contribution in [2.45, 2.75) is 23.8 Å². The standard InChI is InChI=1S/C23H21Cl2NO4S/c24-21-8-7-18(14-22(21)25)16-3-5-17(6-4-16)23(27)26-11-9-20(10-12-26)31(28,29)15-19-2-1-13-30-19/h1-8,13-14,20H,9-12,15H2. The molecule has 1 aromatic heterocycles. The molecule has 2 aromatic carbocycles. The van der Waals surface area contributed by atoms with Gasteiger partial charge in [-0.1, -0.05) is 41.4 Å². The first-order valence-electron chi connectivity index (χ1n) is 9.92. The molecule has 1 fully saturated rings. The predicted octanol–water partition coefficient (Wildman–Crippen LogP) is 5.47. The van der Waals surface area contributed by atoms with Crippen molar-refractivity contribution in [2.24, 2.45) is 0 Å². The van der Waals surface area contributed by atoms with Crippen molar-refractivity contribution in [3.63, 3.8) is 0 Å². The SMILES string of the molecule is O=C(c1ccc(-c2ccc(Cl)c(Cl)c2)cc1)N1CCC(S(=O)(=O)Cc2ccco2)CC1. The summed E-state index contributed by atoms with van der Waals surface area (Å²) >= 11 is 12.1. The molecule has 31 heavy (non-hydrogen) atoms. The van der Waals surface area contributed by atoms with E-state index in [-0.39, 0.29) is 11.7 Å². The average molecular weight is 478 g/mol. The molecule has 162 valence electrons. The van der Waals surface area contributed by atoms with Crippen LogP contribution >= 0.6 is 23.2 Å². The fourth-order valence-corrected chi connectivity index (χ4v) is 5.82. The molecule has 4 rings (SSSR count). The van der Waals surface area contributed by atoms with Crippen molar-refractivity contribution in [3.05, 3.63) is 82.2 Å². The second kappa shape index (κ2) is 9.07. The molecule has 0 N–H and O–H groups in total. The highest BCUT2D eigenvalue weighted by molar-refractivity contribution is 7.91. The number of halogens is 2. The lowest BCUT2D eigenvalue weighted by molar-refractivity contribution is 0.0725. The maximum atomic E-state index is 12.9.